The number of cyclic esters (lactones) is 1. The van der Waals surface area contributed by atoms with E-state index in [0.29, 0.717) is 0 Å². The number of carbonyl (C=O) groups is 1. The van der Waals surface area contributed by atoms with E-state index in [4.69, 9.17) is 4.74 Å². The van der Waals surface area contributed by atoms with Crippen LogP contribution in [0.5, 0.6) is 0 Å². The summed E-state index contributed by atoms with van der Waals surface area (Å²) in [5.74, 6) is -0.0918. The van der Waals surface area contributed by atoms with Crippen LogP contribution in [0.1, 0.15) is 71.6 Å². The average Bonchev–Trinajstić information content (AvgIpc) is 2.37. The van der Waals surface area contributed by atoms with Crippen LogP contribution in [0.3, 0.4) is 0 Å². The van der Waals surface area contributed by atoms with Crippen LogP contribution in [0.25, 0.3) is 0 Å². The van der Waals surface area contributed by atoms with Crippen molar-refractivity contribution in [1.82, 2.24) is 5.32 Å². The zero-order valence-electron chi connectivity index (χ0n) is 12.0. The third-order valence-corrected chi connectivity index (χ3v) is 3.67. The van der Waals surface area contributed by atoms with E-state index in [1.54, 1.807) is 0 Å². The number of rotatable bonds is 9. The first-order valence-electron chi connectivity index (χ1n) is 7.68. The second-order valence-electron chi connectivity index (χ2n) is 5.45. The molecule has 0 aromatic rings. The second kappa shape index (κ2) is 9.37. The third-order valence-electron chi connectivity index (χ3n) is 3.67. The maximum absolute atomic E-state index is 11.4. The van der Waals surface area contributed by atoms with Crippen LogP contribution in [0.4, 0.5) is 0 Å². The molecule has 0 bridgehead atoms. The molecular weight excluding hydrogens is 226 g/mol. The number of unbranched alkanes of at least 4 members (excludes halogenated alkanes) is 7. The van der Waals surface area contributed by atoms with Crippen LogP contribution >= 0.6 is 0 Å². The number of ether oxygens (including phenoxy) is 1. The standard InChI is InChI=1S/C15H29NO2/c1-3-4-5-6-7-8-9-10-11-14-12-16-13(2)15(17)18-14/h13-14,16H,3-12H2,1-2H3. The van der Waals surface area contributed by atoms with Crippen molar-refractivity contribution < 1.29 is 9.53 Å². The van der Waals surface area contributed by atoms with E-state index in [9.17, 15) is 4.79 Å². The van der Waals surface area contributed by atoms with Gasteiger partial charge in [0.2, 0.25) is 0 Å². The molecule has 3 nitrogen and oxygen atoms in total. The summed E-state index contributed by atoms with van der Waals surface area (Å²) in [6.45, 7) is 4.93. The number of carbonyl (C=O) groups excluding carboxylic acids is 1. The van der Waals surface area contributed by atoms with Crippen molar-refractivity contribution in [2.24, 2.45) is 0 Å². The summed E-state index contributed by atoms with van der Waals surface area (Å²) in [6, 6.07) is -0.125. The molecular formula is C15H29NO2. The number of morpholine rings is 1. The van der Waals surface area contributed by atoms with Crippen molar-refractivity contribution in [2.45, 2.75) is 83.8 Å². The molecule has 0 aromatic heterocycles. The van der Waals surface area contributed by atoms with Gasteiger partial charge in [-0.15, -0.1) is 0 Å². The zero-order chi connectivity index (χ0) is 13.2. The summed E-state index contributed by atoms with van der Waals surface area (Å²) < 4.78 is 5.36. The summed E-state index contributed by atoms with van der Waals surface area (Å²) in [4.78, 5) is 11.4. The summed E-state index contributed by atoms with van der Waals surface area (Å²) in [5, 5.41) is 3.18. The predicted octanol–water partition coefficient (Wildman–Crippen LogP) is 3.42. The number of esters is 1. The van der Waals surface area contributed by atoms with E-state index in [-0.39, 0.29) is 18.1 Å². The van der Waals surface area contributed by atoms with Crippen LogP contribution in [-0.4, -0.2) is 24.7 Å². The molecule has 0 aliphatic carbocycles. The molecule has 0 spiro atoms. The number of hydrogen-bond acceptors (Lipinski definition) is 3. The maximum Gasteiger partial charge on any atom is 0.323 e. The highest BCUT2D eigenvalue weighted by Crippen LogP contribution is 2.13. The lowest BCUT2D eigenvalue weighted by molar-refractivity contribution is -0.156. The molecule has 2 unspecified atom stereocenters. The van der Waals surface area contributed by atoms with Gasteiger partial charge in [-0.1, -0.05) is 51.9 Å². The lowest BCUT2D eigenvalue weighted by Crippen LogP contribution is -2.48. The Hall–Kier alpha value is -0.570. The van der Waals surface area contributed by atoms with Gasteiger partial charge in [-0.2, -0.15) is 0 Å². The SMILES string of the molecule is CCCCCCCCCCC1CNC(C)C(=O)O1. The third kappa shape index (κ3) is 6.39. The zero-order valence-corrected chi connectivity index (χ0v) is 12.0. The molecule has 2 atom stereocenters. The van der Waals surface area contributed by atoms with Crippen LogP contribution in [0.15, 0.2) is 0 Å². The van der Waals surface area contributed by atoms with E-state index in [2.05, 4.69) is 12.2 Å². The molecule has 0 aromatic carbocycles. The summed E-state index contributed by atoms with van der Waals surface area (Å²) in [5.41, 5.74) is 0. The summed E-state index contributed by atoms with van der Waals surface area (Å²) in [7, 11) is 0. The quantitative estimate of drug-likeness (QED) is 0.507. The Morgan fingerprint density at radius 1 is 1.11 bits per heavy atom. The molecule has 1 fully saturated rings. The van der Waals surface area contributed by atoms with Crippen LogP contribution < -0.4 is 5.32 Å². The van der Waals surface area contributed by atoms with Gasteiger partial charge in [0.15, 0.2) is 0 Å². The van der Waals surface area contributed by atoms with Gasteiger partial charge in [0.25, 0.3) is 0 Å². The fraction of sp³-hybridized carbons (Fsp3) is 0.933. The first-order chi connectivity index (χ1) is 8.74. The van der Waals surface area contributed by atoms with E-state index < -0.39 is 0 Å². The van der Waals surface area contributed by atoms with Crippen molar-refractivity contribution in [2.75, 3.05) is 6.54 Å². The summed E-state index contributed by atoms with van der Waals surface area (Å²) in [6.07, 6.45) is 11.7. The summed E-state index contributed by atoms with van der Waals surface area (Å²) >= 11 is 0. The van der Waals surface area contributed by atoms with Crippen LogP contribution in [0.2, 0.25) is 0 Å². The van der Waals surface area contributed by atoms with Gasteiger partial charge in [0.1, 0.15) is 12.1 Å². The fourth-order valence-corrected chi connectivity index (χ4v) is 2.37. The highest BCUT2D eigenvalue weighted by atomic mass is 16.5. The van der Waals surface area contributed by atoms with E-state index >= 15 is 0 Å². The Bertz CT molecular complexity index is 231. The molecule has 0 amide bonds. The monoisotopic (exact) mass is 255 g/mol. The number of hydrogen-bond donors (Lipinski definition) is 1. The molecule has 1 aliphatic rings. The van der Waals surface area contributed by atoms with E-state index in [0.717, 1.165) is 13.0 Å². The van der Waals surface area contributed by atoms with Gasteiger partial charge in [-0.3, -0.25) is 4.79 Å². The smallest absolute Gasteiger partial charge is 0.323 e. The normalized spacial score (nSPS) is 24.0. The molecule has 3 heteroatoms. The van der Waals surface area contributed by atoms with E-state index in [1.165, 1.54) is 51.4 Å². The Morgan fingerprint density at radius 2 is 1.72 bits per heavy atom. The minimum Gasteiger partial charge on any atom is -0.460 e. The Labute approximate surface area is 112 Å². The van der Waals surface area contributed by atoms with Gasteiger partial charge < -0.3 is 10.1 Å². The second-order valence-corrected chi connectivity index (χ2v) is 5.45. The van der Waals surface area contributed by atoms with Crippen LogP contribution in [0, 0.1) is 0 Å². The van der Waals surface area contributed by atoms with Crippen molar-refractivity contribution in [3.8, 4) is 0 Å². The minimum absolute atomic E-state index is 0.0918. The van der Waals surface area contributed by atoms with Gasteiger partial charge in [-0.05, 0) is 19.8 Å². The highest BCUT2D eigenvalue weighted by Gasteiger charge is 2.25. The van der Waals surface area contributed by atoms with Gasteiger partial charge in [0.05, 0.1) is 0 Å². The van der Waals surface area contributed by atoms with Gasteiger partial charge in [-0.25, -0.2) is 0 Å². The Balaban J connectivity index is 1.90. The lowest BCUT2D eigenvalue weighted by Gasteiger charge is -2.27. The van der Waals surface area contributed by atoms with Gasteiger partial charge in [0, 0.05) is 6.54 Å². The van der Waals surface area contributed by atoms with Crippen molar-refractivity contribution in [1.29, 1.82) is 0 Å². The lowest BCUT2D eigenvalue weighted by atomic mass is 10.0. The van der Waals surface area contributed by atoms with E-state index in [1.807, 2.05) is 6.92 Å². The molecule has 0 radical (unpaired) electrons. The predicted molar refractivity (Wildman–Crippen MR) is 74.6 cm³/mol. The molecule has 1 rings (SSSR count). The molecule has 1 aliphatic heterocycles. The molecule has 106 valence electrons. The molecule has 0 saturated carbocycles. The molecule has 1 N–H and O–H groups in total. The Morgan fingerprint density at radius 3 is 2.33 bits per heavy atom. The average molecular weight is 255 g/mol. The first-order valence-corrected chi connectivity index (χ1v) is 7.68. The van der Waals surface area contributed by atoms with Crippen molar-refractivity contribution >= 4 is 5.97 Å². The number of nitrogens with one attached hydrogen (secondary N) is 1. The van der Waals surface area contributed by atoms with Crippen molar-refractivity contribution in [3.63, 3.8) is 0 Å². The minimum atomic E-state index is -0.125. The molecule has 1 saturated heterocycles. The first kappa shape index (κ1) is 15.5. The highest BCUT2D eigenvalue weighted by molar-refractivity contribution is 5.76. The fourth-order valence-electron chi connectivity index (χ4n) is 2.37. The largest absolute Gasteiger partial charge is 0.460 e. The maximum atomic E-state index is 11.4. The molecule has 18 heavy (non-hydrogen) atoms. The topological polar surface area (TPSA) is 38.3 Å². The van der Waals surface area contributed by atoms with Crippen LogP contribution in [-0.2, 0) is 9.53 Å². The van der Waals surface area contributed by atoms with Gasteiger partial charge >= 0.3 is 5.97 Å². The molecule has 1 heterocycles. The Kier molecular flexibility index (Phi) is 8.06. The van der Waals surface area contributed by atoms with Crippen molar-refractivity contribution in [3.05, 3.63) is 0 Å².